The van der Waals surface area contributed by atoms with Gasteiger partial charge in [-0.2, -0.15) is 0 Å². The van der Waals surface area contributed by atoms with Crippen molar-refractivity contribution in [1.29, 1.82) is 0 Å². The zero-order chi connectivity index (χ0) is 14.6. The van der Waals surface area contributed by atoms with Crippen LogP contribution in [0.25, 0.3) is 0 Å². The lowest BCUT2D eigenvalue weighted by Gasteiger charge is -2.19. The third-order valence-electron chi connectivity index (χ3n) is 2.56. The Kier molecular flexibility index (Phi) is 4.53. The summed E-state index contributed by atoms with van der Waals surface area (Å²) in [6.45, 7) is 5.38. The van der Waals surface area contributed by atoms with Crippen LogP contribution >= 0.6 is 0 Å². The highest BCUT2D eigenvalue weighted by atomic mass is 16.5. The third-order valence-corrected chi connectivity index (χ3v) is 2.56. The molecule has 0 aliphatic heterocycles. The summed E-state index contributed by atoms with van der Waals surface area (Å²) in [4.78, 5) is 23.6. The number of nitrogens with one attached hydrogen (secondary N) is 1. The maximum absolute atomic E-state index is 12.0. The molecule has 0 saturated heterocycles. The van der Waals surface area contributed by atoms with Crippen molar-refractivity contribution in [3.63, 3.8) is 0 Å². The van der Waals surface area contributed by atoms with Crippen molar-refractivity contribution in [1.82, 2.24) is 0 Å². The standard InChI is InChI=1S/C14H19NO4/c1-14(2,3)13(17)15-11-8-9(18-4)6-7-10(11)12(16)19-5/h6-8H,1-5H3,(H,15,17). The molecule has 1 aromatic carbocycles. The first-order chi connectivity index (χ1) is 8.79. The first kappa shape index (κ1) is 15.0. The Morgan fingerprint density at radius 3 is 2.26 bits per heavy atom. The van der Waals surface area contributed by atoms with Crippen molar-refractivity contribution in [3.05, 3.63) is 23.8 Å². The number of amides is 1. The van der Waals surface area contributed by atoms with Crippen LogP contribution in [0.1, 0.15) is 31.1 Å². The number of hydrogen-bond acceptors (Lipinski definition) is 4. The van der Waals surface area contributed by atoms with E-state index in [9.17, 15) is 9.59 Å². The number of ether oxygens (including phenoxy) is 2. The van der Waals surface area contributed by atoms with Crippen LogP contribution in [-0.2, 0) is 9.53 Å². The molecule has 0 aliphatic rings. The highest BCUT2D eigenvalue weighted by Gasteiger charge is 2.23. The Morgan fingerprint density at radius 1 is 1.16 bits per heavy atom. The summed E-state index contributed by atoms with van der Waals surface area (Å²) < 4.78 is 9.77. The van der Waals surface area contributed by atoms with Gasteiger partial charge in [-0.15, -0.1) is 0 Å². The van der Waals surface area contributed by atoms with Gasteiger partial charge in [-0.1, -0.05) is 20.8 Å². The Bertz CT molecular complexity index is 489. The van der Waals surface area contributed by atoms with E-state index in [0.717, 1.165) is 0 Å². The number of hydrogen-bond donors (Lipinski definition) is 1. The van der Waals surface area contributed by atoms with E-state index in [1.54, 1.807) is 39.0 Å². The summed E-state index contributed by atoms with van der Waals surface area (Å²) in [7, 11) is 2.81. The molecule has 5 heteroatoms. The van der Waals surface area contributed by atoms with Crippen molar-refractivity contribution in [2.75, 3.05) is 19.5 Å². The molecule has 104 valence electrons. The fourth-order valence-electron chi connectivity index (χ4n) is 1.35. The van der Waals surface area contributed by atoms with Gasteiger partial charge in [0.05, 0.1) is 25.5 Å². The molecule has 0 atom stereocenters. The Morgan fingerprint density at radius 2 is 1.79 bits per heavy atom. The van der Waals surface area contributed by atoms with Gasteiger partial charge in [0.2, 0.25) is 5.91 Å². The topological polar surface area (TPSA) is 64.6 Å². The van der Waals surface area contributed by atoms with E-state index in [0.29, 0.717) is 17.0 Å². The smallest absolute Gasteiger partial charge is 0.339 e. The van der Waals surface area contributed by atoms with Gasteiger partial charge in [-0.05, 0) is 12.1 Å². The summed E-state index contributed by atoms with van der Waals surface area (Å²) in [5.41, 5.74) is 0.114. The molecular weight excluding hydrogens is 246 g/mol. The quantitative estimate of drug-likeness (QED) is 0.853. The number of esters is 1. The summed E-state index contributed by atoms with van der Waals surface area (Å²) in [5, 5.41) is 2.72. The van der Waals surface area contributed by atoms with E-state index < -0.39 is 11.4 Å². The number of methoxy groups -OCH3 is 2. The van der Waals surface area contributed by atoms with Crippen LogP contribution in [0.4, 0.5) is 5.69 Å². The van der Waals surface area contributed by atoms with Crippen LogP contribution in [0.15, 0.2) is 18.2 Å². The normalized spacial score (nSPS) is 10.8. The molecule has 1 rings (SSSR count). The second-order valence-corrected chi connectivity index (χ2v) is 5.11. The van der Waals surface area contributed by atoms with Crippen molar-refractivity contribution >= 4 is 17.6 Å². The minimum Gasteiger partial charge on any atom is -0.497 e. The number of benzene rings is 1. The predicted molar refractivity (Wildman–Crippen MR) is 72.4 cm³/mol. The van der Waals surface area contributed by atoms with Gasteiger partial charge in [0, 0.05) is 11.5 Å². The van der Waals surface area contributed by atoms with Gasteiger partial charge in [0.1, 0.15) is 5.75 Å². The summed E-state index contributed by atoms with van der Waals surface area (Å²) >= 11 is 0. The largest absolute Gasteiger partial charge is 0.497 e. The lowest BCUT2D eigenvalue weighted by molar-refractivity contribution is -0.123. The first-order valence-electron chi connectivity index (χ1n) is 5.87. The minimum absolute atomic E-state index is 0.189. The lowest BCUT2D eigenvalue weighted by Crippen LogP contribution is -2.28. The molecule has 0 radical (unpaired) electrons. The fraction of sp³-hybridized carbons (Fsp3) is 0.429. The van der Waals surface area contributed by atoms with Gasteiger partial charge in [-0.25, -0.2) is 4.79 Å². The Balaban J connectivity index is 3.15. The number of anilines is 1. The third kappa shape index (κ3) is 3.71. The van der Waals surface area contributed by atoms with Gasteiger partial charge in [0.25, 0.3) is 0 Å². The minimum atomic E-state index is -0.559. The van der Waals surface area contributed by atoms with Crippen molar-refractivity contribution in [3.8, 4) is 5.75 Å². The zero-order valence-electron chi connectivity index (χ0n) is 11.9. The Labute approximate surface area is 112 Å². The van der Waals surface area contributed by atoms with E-state index in [1.807, 2.05) is 0 Å². The van der Waals surface area contributed by atoms with Crippen LogP contribution in [0.3, 0.4) is 0 Å². The fourth-order valence-corrected chi connectivity index (χ4v) is 1.35. The summed E-state index contributed by atoms with van der Waals surface area (Å²) in [6.07, 6.45) is 0. The maximum Gasteiger partial charge on any atom is 0.339 e. The van der Waals surface area contributed by atoms with Gasteiger partial charge < -0.3 is 14.8 Å². The molecule has 0 aliphatic carbocycles. The van der Waals surface area contributed by atoms with E-state index in [-0.39, 0.29) is 5.91 Å². The summed E-state index contributed by atoms with van der Waals surface area (Å²) in [5.74, 6) is -0.144. The lowest BCUT2D eigenvalue weighted by atomic mass is 9.95. The maximum atomic E-state index is 12.0. The van der Waals surface area contributed by atoms with Crippen molar-refractivity contribution in [2.45, 2.75) is 20.8 Å². The molecule has 1 aromatic rings. The average Bonchev–Trinajstić information content (AvgIpc) is 2.36. The molecule has 1 N–H and O–H groups in total. The second-order valence-electron chi connectivity index (χ2n) is 5.11. The van der Waals surface area contributed by atoms with Crippen LogP contribution < -0.4 is 10.1 Å². The van der Waals surface area contributed by atoms with Crippen LogP contribution in [0, 0.1) is 5.41 Å². The molecule has 0 heterocycles. The van der Waals surface area contributed by atoms with Gasteiger partial charge in [0.15, 0.2) is 0 Å². The molecule has 0 aromatic heterocycles. The first-order valence-corrected chi connectivity index (χ1v) is 5.87. The predicted octanol–water partition coefficient (Wildman–Crippen LogP) is 2.47. The Hall–Kier alpha value is -2.04. The van der Waals surface area contributed by atoms with E-state index in [1.165, 1.54) is 14.2 Å². The van der Waals surface area contributed by atoms with Gasteiger partial charge >= 0.3 is 5.97 Å². The van der Waals surface area contributed by atoms with E-state index in [2.05, 4.69) is 10.1 Å². The zero-order valence-corrected chi connectivity index (χ0v) is 11.9. The molecule has 0 spiro atoms. The van der Waals surface area contributed by atoms with E-state index >= 15 is 0 Å². The molecule has 1 amide bonds. The molecular formula is C14H19NO4. The molecule has 0 unspecified atom stereocenters. The molecule has 0 bridgehead atoms. The monoisotopic (exact) mass is 265 g/mol. The molecule has 0 fully saturated rings. The van der Waals surface area contributed by atoms with E-state index in [4.69, 9.17) is 4.74 Å². The van der Waals surface area contributed by atoms with Crippen LogP contribution in [0.2, 0.25) is 0 Å². The van der Waals surface area contributed by atoms with Crippen molar-refractivity contribution in [2.24, 2.45) is 5.41 Å². The van der Waals surface area contributed by atoms with Crippen LogP contribution in [0.5, 0.6) is 5.75 Å². The van der Waals surface area contributed by atoms with Crippen LogP contribution in [-0.4, -0.2) is 26.1 Å². The molecule has 19 heavy (non-hydrogen) atoms. The average molecular weight is 265 g/mol. The summed E-state index contributed by atoms with van der Waals surface area (Å²) in [6, 6.07) is 4.79. The number of carbonyl (C=O) groups is 2. The second kappa shape index (κ2) is 5.73. The highest BCUT2D eigenvalue weighted by Crippen LogP contribution is 2.25. The van der Waals surface area contributed by atoms with Crippen molar-refractivity contribution < 1.29 is 19.1 Å². The van der Waals surface area contributed by atoms with Gasteiger partial charge in [-0.3, -0.25) is 4.79 Å². The number of carbonyl (C=O) groups excluding carboxylic acids is 2. The number of rotatable bonds is 3. The SMILES string of the molecule is COC(=O)c1ccc(OC)cc1NC(=O)C(C)(C)C. The molecule has 0 saturated carbocycles. The highest BCUT2D eigenvalue weighted by molar-refractivity contribution is 6.02. The molecule has 5 nitrogen and oxygen atoms in total.